The van der Waals surface area contributed by atoms with Crippen LogP contribution in [0.2, 0.25) is 0 Å². The Morgan fingerprint density at radius 1 is 1.20 bits per heavy atom. The third kappa shape index (κ3) is 5.37. The number of carbonyl (C=O) groups is 1. The Kier molecular flexibility index (Phi) is 6.24. The van der Waals surface area contributed by atoms with E-state index in [1.165, 1.54) is 24.5 Å². The number of nitrogens with zero attached hydrogens (tertiary/aromatic N) is 7. The van der Waals surface area contributed by atoms with Crippen LogP contribution in [0.4, 0.5) is 14.7 Å². The Hall–Kier alpha value is -4.49. The second kappa shape index (κ2) is 9.79. The normalized spacial score (nSPS) is 13.1. The monoisotopic (exact) mass is 483 g/mol. The van der Waals surface area contributed by atoms with Crippen LogP contribution in [-0.2, 0) is 30.7 Å². The maximum atomic E-state index is 12.6. The first kappa shape index (κ1) is 22.3. The average molecular weight is 483 g/mol. The summed E-state index contributed by atoms with van der Waals surface area (Å²) in [5, 5.41) is 21.6. The summed E-state index contributed by atoms with van der Waals surface area (Å²) < 4.78 is 34.8. The standard InChI is InChI=1S/C21H19F2N9O3/c22-20(23)34-14-3-1-2-12(6-14)8-24-21-25-9-13(10-26-21)19-30-29-17(35-19)7-18(33)32-5-4-15-16(11-32)28-31-27-15/h1-3,6,9-10,20H,4-5,7-8,11H2,(H,24,25,26)(H,27,28,31). The van der Waals surface area contributed by atoms with E-state index in [-0.39, 0.29) is 29.9 Å². The largest absolute Gasteiger partial charge is 0.435 e. The van der Waals surface area contributed by atoms with Crippen LogP contribution in [0.5, 0.6) is 5.75 Å². The van der Waals surface area contributed by atoms with E-state index in [0.29, 0.717) is 37.6 Å². The number of carbonyl (C=O) groups excluding carboxylic acids is 1. The maximum Gasteiger partial charge on any atom is 0.387 e. The minimum absolute atomic E-state index is 0.0327. The van der Waals surface area contributed by atoms with Crippen molar-refractivity contribution in [1.82, 2.24) is 40.5 Å². The number of anilines is 1. The predicted octanol–water partition coefficient (Wildman–Crippen LogP) is 1.99. The lowest BCUT2D eigenvalue weighted by molar-refractivity contribution is -0.131. The van der Waals surface area contributed by atoms with Crippen molar-refractivity contribution in [2.45, 2.75) is 32.5 Å². The number of aromatic nitrogens is 7. The van der Waals surface area contributed by atoms with Crippen LogP contribution < -0.4 is 10.1 Å². The second-order valence-corrected chi connectivity index (χ2v) is 7.63. The van der Waals surface area contributed by atoms with Crippen molar-refractivity contribution in [1.29, 1.82) is 0 Å². The van der Waals surface area contributed by atoms with Crippen LogP contribution in [0.15, 0.2) is 41.1 Å². The van der Waals surface area contributed by atoms with Gasteiger partial charge in [0.15, 0.2) is 0 Å². The molecule has 12 nitrogen and oxygen atoms in total. The fourth-order valence-corrected chi connectivity index (χ4v) is 3.54. The summed E-state index contributed by atoms with van der Waals surface area (Å²) in [7, 11) is 0. The summed E-state index contributed by atoms with van der Waals surface area (Å²) >= 11 is 0. The van der Waals surface area contributed by atoms with Gasteiger partial charge in [-0.15, -0.1) is 10.2 Å². The van der Waals surface area contributed by atoms with Gasteiger partial charge >= 0.3 is 6.61 Å². The first-order valence-corrected chi connectivity index (χ1v) is 10.6. The van der Waals surface area contributed by atoms with Gasteiger partial charge in [0.2, 0.25) is 17.7 Å². The molecule has 0 unspecified atom stereocenters. The van der Waals surface area contributed by atoms with Crippen molar-refractivity contribution in [3.05, 3.63) is 59.5 Å². The first-order valence-electron chi connectivity index (χ1n) is 10.6. The SMILES string of the molecule is O=C(Cc1nnc(-c2cnc(NCc3cccc(OC(F)F)c3)nc2)o1)N1CCc2n[nH]nc2C1. The summed E-state index contributed by atoms with van der Waals surface area (Å²) in [6.45, 7) is -1.65. The van der Waals surface area contributed by atoms with Crippen LogP contribution in [0, 0.1) is 0 Å². The number of nitrogens with one attached hydrogen (secondary N) is 2. The van der Waals surface area contributed by atoms with Crippen LogP contribution >= 0.6 is 0 Å². The Labute approximate surface area is 196 Å². The van der Waals surface area contributed by atoms with Crippen molar-refractivity contribution < 1.29 is 22.7 Å². The average Bonchev–Trinajstić information content (AvgIpc) is 3.52. The molecule has 180 valence electrons. The van der Waals surface area contributed by atoms with Gasteiger partial charge in [0.1, 0.15) is 17.9 Å². The predicted molar refractivity (Wildman–Crippen MR) is 115 cm³/mol. The number of benzene rings is 1. The van der Waals surface area contributed by atoms with Gasteiger partial charge in [0.05, 0.1) is 17.8 Å². The molecule has 2 N–H and O–H groups in total. The molecule has 0 saturated heterocycles. The number of aromatic amines is 1. The lowest BCUT2D eigenvalue weighted by Crippen LogP contribution is -2.37. The summed E-state index contributed by atoms with van der Waals surface area (Å²) in [5.74, 6) is 0.621. The molecule has 0 atom stereocenters. The number of amides is 1. The molecule has 3 aromatic heterocycles. The molecule has 0 spiro atoms. The lowest BCUT2D eigenvalue weighted by atomic mass is 10.1. The second-order valence-electron chi connectivity index (χ2n) is 7.63. The summed E-state index contributed by atoms with van der Waals surface area (Å²) in [4.78, 5) is 22.7. The molecule has 0 aliphatic carbocycles. The highest BCUT2D eigenvalue weighted by Gasteiger charge is 2.25. The van der Waals surface area contributed by atoms with Crippen molar-refractivity contribution in [2.75, 3.05) is 11.9 Å². The third-order valence-electron chi connectivity index (χ3n) is 5.26. The molecule has 4 aromatic rings. The highest BCUT2D eigenvalue weighted by atomic mass is 19.3. The number of ether oxygens (including phenoxy) is 1. The Balaban J connectivity index is 1.16. The van der Waals surface area contributed by atoms with Gasteiger partial charge in [-0.1, -0.05) is 12.1 Å². The van der Waals surface area contributed by atoms with Crippen LogP contribution in [0.1, 0.15) is 22.8 Å². The van der Waals surface area contributed by atoms with E-state index < -0.39 is 6.61 Å². The van der Waals surface area contributed by atoms with Gasteiger partial charge in [0.25, 0.3) is 5.89 Å². The van der Waals surface area contributed by atoms with Crippen LogP contribution in [-0.4, -0.2) is 59.5 Å². The molecule has 5 rings (SSSR count). The molecule has 1 aliphatic rings. The van der Waals surface area contributed by atoms with Crippen LogP contribution in [0.25, 0.3) is 11.5 Å². The van der Waals surface area contributed by atoms with E-state index in [2.05, 4.69) is 45.6 Å². The van der Waals surface area contributed by atoms with Gasteiger partial charge in [-0.2, -0.15) is 24.2 Å². The molecule has 4 heterocycles. The number of halogens is 2. The Morgan fingerprint density at radius 2 is 2.03 bits per heavy atom. The molecule has 1 aliphatic heterocycles. The number of rotatable bonds is 8. The van der Waals surface area contributed by atoms with E-state index >= 15 is 0 Å². The molecular formula is C21H19F2N9O3. The Bertz CT molecular complexity index is 1310. The third-order valence-corrected chi connectivity index (χ3v) is 5.26. The highest BCUT2D eigenvalue weighted by molar-refractivity contribution is 5.78. The van der Waals surface area contributed by atoms with Crippen molar-refractivity contribution >= 4 is 11.9 Å². The van der Waals surface area contributed by atoms with Crippen LogP contribution in [0.3, 0.4) is 0 Å². The van der Waals surface area contributed by atoms with Gasteiger partial charge in [0, 0.05) is 31.9 Å². The lowest BCUT2D eigenvalue weighted by Gasteiger charge is -2.24. The minimum Gasteiger partial charge on any atom is -0.435 e. The number of H-pyrrole nitrogens is 1. The number of hydrogen-bond acceptors (Lipinski definition) is 10. The number of alkyl halides is 2. The highest BCUT2D eigenvalue weighted by Crippen LogP contribution is 2.20. The fraction of sp³-hybridized carbons (Fsp3) is 0.286. The Morgan fingerprint density at radius 3 is 2.86 bits per heavy atom. The van der Waals surface area contributed by atoms with Crippen molar-refractivity contribution in [3.8, 4) is 17.2 Å². The molecular weight excluding hydrogens is 464 g/mol. The summed E-state index contributed by atoms with van der Waals surface area (Å²) in [6.07, 6.45) is 3.61. The molecule has 14 heteroatoms. The zero-order chi connectivity index (χ0) is 24.2. The number of fused-ring (bicyclic) bond motifs is 1. The molecule has 0 bridgehead atoms. The van der Waals surface area contributed by atoms with Gasteiger partial charge in [-0.05, 0) is 17.7 Å². The van der Waals surface area contributed by atoms with E-state index in [4.69, 9.17) is 4.42 Å². The fourth-order valence-electron chi connectivity index (χ4n) is 3.54. The molecule has 1 amide bonds. The quantitative estimate of drug-likeness (QED) is 0.381. The molecule has 35 heavy (non-hydrogen) atoms. The zero-order valence-electron chi connectivity index (χ0n) is 18.2. The van der Waals surface area contributed by atoms with Gasteiger partial charge in [-0.3, -0.25) is 4.79 Å². The smallest absolute Gasteiger partial charge is 0.387 e. The first-order chi connectivity index (χ1) is 17.0. The van der Waals surface area contributed by atoms with E-state index in [0.717, 1.165) is 17.0 Å². The summed E-state index contributed by atoms with van der Waals surface area (Å²) in [6, 6.07) is 6.33. The molecule has 0 radical (unpaired) electrons. The zero-order valence-corrected chi connectivity index (χ0v) is 18.2. The maximum absolute atomic E-state index is 12.6. The van der Waals surface area contributed by atoms with E-state index in [1.54, 1.807) is 17.0 Å². The van der Waals surface area contributed by atoms with E-state index in [9.17, 15) is 13.6 Å². The molecule has 0 fully saturated rings. The number of hydrogen-bond donors (Lipinski definition) is 2. The summed E-state index contributed by atoms with van der Waals surface area (Å²) in [5.41, 5.74) is 2.84. The topological polar surface area (TPSA) is 148 Å². The van der Waals surface area contributed by atoms with Gasteiger partial charge in [-0.25, -0.2) is 9.97 Å². The van der Waals surface area contributed by atoms with Crippen molar-refractivity contribution in [2.24, 2.45) is 0 Å². The van der Waals surface area contributed by atoms with Gasteiger partial charge < -0.3 is 19.4 Å². The minimum atomic E-state index is -2.88. The van der Waals surface area contributed by atoms with E-state index in [1.807, 2.05) is 0 Å². The molecule has 1 aromatic carbocycles. The molecule has 0 saturated carbocycles. The van der Waals surface area contributed by atoms with Crippen molar-refractivity contribution in [3.63, 3.8) is 0 Å².